The normalized spacial score (nSPS) is 12.8. The van der Waals surface area contributed by atoms with E-state index in [9.17, 15) is 8.78 Å². The van der Waals surface area contributed by atoms with E-state index in [0.717, 1.165) is 6.07 Å². The van der Waals surface area contributed by atoms with E-state index >= 15 is 0 Å². The standard InChI is InChI=1S/C13H19F2NO/c1-4-16-13(8-17-5-2)10-6-9(3)11(14)7-12(10)15/h6-7,13,16H,4-5,8H2,1-3H3. The lowest BCUT2D eigenvalue weighted by molar-refractivity contribution is 0.122. The second-order valence-corrected chi connectivity index (χ2v) is 3.89. The summed E-state index contributed by atoms with van der Waals surface area (Å²) in [6.45, 7) is 7.11. The molecule has 1 aromatic rings. The van der Waals surface area contributed by atoms with Crippen molar-refractivity contribution in [2.75, 3.05) is 19.8 Å². The summed E-state index contributed by atoms with van der Waals surface area (Å²) < 4.78 is 32.2. The molecule has 1 atom stereocenters. The van der Waals surface area contributed by atoms with Gasteiger partial charge >= 0.3 is 0 Å². The van der Waals surface area contributed by atoms with E-state index in [1.807, 2.05) is 13.8 Å². The highest BCUT2D eigenvalue weighted by atomic mass is 19.1. The van der Waals surface area contributed by atoms with Gasteiger partial charge in [-0.05, 0) is 32.0 Å². The monoisotopic (exact) mass is 243 g/mol. The maximum absolute atomic E-state index is 13.7. The van der Waals surface area contributed by atoms with Gasteiger partial charge in [-0.2, -0.15) is 0 Å². The van der Waals surface area contributed by atoms with Gasteiger partial charge < -0.3 is 10.1 Å². The zero-order valence-electron chi connectivity index (χ0n) is 10.5. The van der Waals surface area contributed by atoms with Crippen LogP contribution in [0.4, 0.5) is 8.78 Å². The molecular weight excluding hydrogens is 224 g/mol. The predicted octanol–water partition coefficient (Wildman–Crippen LogP) is 2.96. The summed E-state index contributed by atoms with van der Waals surface area (Å²) in [7, 11) is 0. The largest absolute Gasteiger partial charge is 0.380 e. The van der Waals surface area contributed by atoms with Crippen LogP contribution in [0.1, 0.15) is 31.0 Å². The van der Waals surface area contributed by atoms with Gasteiger partial charge in [-0.25, -0.2) is 8.78 Å². The van der Waals surface area contributed by atoms with Gasteiger partial charge in [0.1, 0.15) is 11.6 Å². The molecule has 1 unspecified atom stereocenters. The number of rotatable bonds is 6. The number of benzene rings is 1. The van der Waals surface area contributed by atoms with Gasteiger partial charge in [0.2, 0.25) is 0 Å². The molecule has 4 heteroatoms. The molecule has 0 spiro atoms. The van der Waals surface area contributed by atoms with Gasteiger partial charge in [0, 0.05) is 18.2 Å². The van der Waals surface area contributed by atoms with Crippen LogP contribution in [0.25, 0.3) is 0 Å². The molecule has 96 valence electrons. The fourth-order valence-corrected chi connectivity index (χ4v) is 1.69. The maximum Gasteiger partial charge on any atom is 0.131 e. The van der Waals surface area contributed by atoms with Crippen molar-refractivity contribution in [2.24, 2.45) is 0 Å². The summed E-state index contributed by atoms with van der Waals surface area (Å²) >= 11 is 0. The molecule has 1 aromatic carbocycles. The van der Waals surface area contributed by atoms with Crippen molar-refractivity contribution in [1.29, 1.82) is 0 Å². The molecule has 2 nitrogen and oxygen atoms in total. The van der Waals surface area contributed by atoms with Crippen molar-refractivity contribution < 1.29 is 13.5 Å². The first-order valence-corrected chi connectivity index (χ1v) is 5.86. The molecule has 17 heavy (non-hydrogen) atoms. The van der Waals surface area contributed by atoms with E-state index in [0.29, 0.717) is 30.9 Å². The minimum absolute atomic E-state index is 0.237. The van der Waals surface area contributed by atoms with Crippen LogP contribution in [0.15, 0.2) is 12.1 Å². The fourth-order valence-electron chi connectivity index (χ4n) is 1.69. The number of hydrogen-bond acceptors (Lipinski definition) is 2. The summed E-state index contributed by atoms with van der Waals surface area (Å²) in [6.07, 6.45) is 0. The molecule has 0 aliphatic carbocycles. The Hall–Kier alpha value is -1.00. The van der Waals surface area contributed by atoms with Gasteiger partial charge in [0.25, 0.3) is 0 Å². The molecule has 1 rings (SSSR count). The van der Waals surface area contributed by atoms with Crippen molar-refractivity contribution >= 4 is 0 Å². The van der Waals surface area contributed by atoms with E-state index in [1.54, 1.807) is 6.92 Å². The summed E-state index contributed by atoms with van der Waals surface area (Å²) in [5.74, 6) is -1.04. The molecule has 0 aliphatic rings. The number of hydrogen-bond donors (Lipinski definition) is 1. The van der Waals surface area contributed by atoms with Crippen LogP contribution in [-0.4, -0.2) is 19.8 Å². The van der Waals surface area contributed by atoms with Crippen molar-refractivity contribution in [3.05, 3.63) is 34.9 Å². The average molecular weight is 243 g/mol. The molecule has 1 N–H and O–H groups in total. The van der Waals surface area contributed by atoms with Crippen LogP contribution in [0.2, 0.25) is 0 Å². The molecule has 0 saturated carbocycles. The van der Waals surface area contributed by atoms with Crippen molar-refractivity contribution in [1.82, 2.24) is 5.32 Å². The quantitative estimate of drug-likeness (QED) is 0.829. The molecule has 0 saturated heterocycles. The van der Waals surface area contributed by atoms with Crippen molar-refractivity contribution in [3.63, 3.8) is 0 Å². The highest BCUT2D eigenvalue weighted by Crippen LogP contribution is 2.21. The third-order valence-corrected chi connectivity index (χ3v) is 2.59. The first-order valence-electron chi connectivity index (χ1n) is 5.86. The zero-order valence-corrected chi connectivity index (χ0v) is 10.5. The number of nitrogens with one attached hydrogen (secondary N) is 1. The molecule has 0 amide bonds. The lowest BCUT2D eigenvalue weighted by Crippen LogP contribution is -2.26. The fraction of sp³-hybridized carbons (Fsp3) is 0.538. The lowest BCUT2D eigenvalue weighted by Gasteiger charge is -2.19. The van der Waals surface area contributed by atoms with Crippen LogP contribution < -0.4 is 5.32 Å². The summed E-state index contributed by atoms with van der Waals surface area (Å²) in [5.41, 5.74) is 0.903. The van der Waals surface area contributed by atoms with Crippen LogP contribution in [-0.2, 0) is 4.74 Å². The minimum Gasteiger partial charge on any atom is -0.380 e. The van der Waals surface area contributed by atoms with E-state index < -0.39 is 11.6 Å². The van der Waals surface area contributed by atoms with Gasteiger partial charge in [0.05, 0.1) is 12.6 Å². The van der Waals surface area contributed by atoms with Gasteiger partial charge in [0.15, 0.2) is 0 Å². The number of likely N-dealkylation sites (N-methyl/N-ethyl adjacent to an activating group) is 1. The average Bonchev–Trinajstić information content (AvgIpc) is 2.29. The Balaban J connectivity index is 2.96. The maximum atomic E-state index is 13.7. The third kappa shape index (κ3) is 3.75. The van der Waals surface area contributed by atoms with E-state index in [4.69, 9.17) is 4.74 Å². The summed E-state index contributed by atoms with van der Waals surface area (Å²) in [4.78, 5) is 0. The second-order valence-electron chi connectivity index (χ2n) is 3.89. The van der Waals surface area contributed by atoms with E-state index in [2.05, 4.69) is 5.32 Å². The third-order valence-electron chi connectivity index (χ3n) is 2.59. The minimum atomic E-state index is -0.529. The predicted molar refractivity (Wildman–Crippen MR) is 64.0 cm³/mol. The number of halogens is 2. The lowest BCUT2D eigenvalue weighted by atomic mass is 10.0. The van der Waals surface area contributed by atoms with Crippen LogP contribution in [0.5, 0.6) is 0 Å². The molecule has 0 heterocycles. The van der Waals surface area contributed by atoms with Crippen molar-refractivity contribution in [2.45, 2.75) is 26.8 Å². The van der Waals surface area contributed by atoms with Gasteiger partial charge in [-0.1, -0.05) is 6.92 Å². The van der Waals surface area contributed by atoms with E-state index in [1.165, 1.54) is 6.07 Å². The SMILES string of the molecule is CCNC(COCC)c1cc(C)c(F)cc1F. The number of aryl methyl sites for hydroxylation is 1. The Kier molecular flexibility index (Phi) is 5.51. The first-order chi connectivity index (χ1) is 8.10. The summed E-state index contributed by atoms with van der Waals surface area (Å²) in [6, 6.07) is 2.23. The topological polar surface area (TPSA) is 21.3 Å². The molecule has 0 bridgehead atoms. The summed E-state index contributed by atoms with van der Waals surface area (Å²) in [5, 5.41) is 3.13. The van der Waals surface area contributed by atoms with Crippen LogP contribution in [0, 0.1) is 18.6 Å². The highest BCUT2D eigenvalue weighted by Gasteiger charge is 2.16. The van der Waals surface area contributed by atoms with Gasteiger partial charge in [-0.3, -0.25) is 0 Å². The second kappa shape index (κ2) is 6.67. The zero-order chi connectivity index (χ0) is 12.8. The highest BCUT2D eigenvalue weighted by molar-refractivity contribution is 5.28. The molecule has 0 fully saturated rings. The Morgan fingerprint density at radius 3 is 2.53 bits per heavy atom. The Labute approximate surface area is 101 Å². The van der Waals surface area contributed by atoms with Gasteiger partial charge in [-0.15, -0.1) is 0 Å². The van der Waals surface area contributed by atoms with E-state index in [-0.39, 0.29) is 6.04 Å². The Morgan fingerprint density at radius 1 is 1.24 bits per heavy atom. The molecule has 0 aliphatic heterocycles. The molecular formula is C13H19F2NO. The molecule has 0 radical (unpaired) electrons. The number of ether oxygens (including phenoxy) is 1. The van der Waals surface area contributed by atoms with Crippen LogP contribution in [0.3, 0.4) is 0 Å². The smallest absolute Gasteiger partial charge is 0.131 e. The van der Waals surface area contributed by atoms with Crippen molar-refractivity contribution in [3.8, 4) is 0 Å². The Bertz CT molecular complexity index is 369. The first kappa shape index (κ1) is 14.1. The molecule has 0 aromatic heterocycles. The Morgan fingerprint density at radius 2 is 1.94 bits per heavy atom. The van der Waals surface area contributed by atoms with Crippen LogP contribution >= 0.6 is 0 Å².